The number of pyridine rings is 3. The number of rotatable bonds is 6. The molecule has 190 valence electrons. The normalized spacial score (nSPS) is 12.0. The van der Waals surface area contributed by atoms with Gasteiger partial charge in [0, 0.05) is 59.8 Å². The molecule has 4 heterocycles. The number of ether oxygens (including phenoxy) is 2. The standard InChI is InChI=1S/C24H16F5N5O3/c1-33-10-15-8-16(4-5-17(15)32-33)34-11-14-3-7-19(36-12-24(27,28)29)31-21(14)20(22(34)35)13-2-6-18(30-9-13)37-23(25)26/h2-11,23H,12H2,1H3. The monoisotopic (exact) mass is 517 g/mol. The van der Waals surface area contributed by atoms with Crippen LogP contribution in [0, 0.1) is 0 Å². The van der Waals surface area contributed by atoms with Crippen LogP contribution in [0.1, 0.15) is 0 Å². The first-order chi connectivity index (χ1) is 17.6. The highest BCUT2D eigenvalue weighted by Crippen LogP contribution is 2.29. The molecule has 0 atom stereocenters. The first-order valence-electron chi connectivity index (χ1n) is 10.7. The highest BCUT2D eigenvalue weighted by molar-refractivity contribution is 5.93. The second kappa shape index (κ2) is 9.15. The van der Waals surface area contributed by atoms with E-state index in [-0.39, 0.29) is 28.4 Å². The maximum absolute atomic E-state index is 13.7. The lowest BCUT2D eigenvalue weighted by Gasteiger charge is -2.14. The van der Waals surface area contributed by atoms with Gasteiger partial charge in [0.2, 0.25) is 11.8 Å². The van der Waals surface area contributed by atoms with Crippen molar-refractivity contribution in [1.82, 2.24) is 24.3 Å². The summed E-state index contributed by atoms with van der Waals surface area (Å²) in [5, 5.41) is 5.50. The van der Waals surface area contributed by atoms with Gasteiger partial charge in [-0.1, -0.05) is 0 Å². The van der Waals surface area contributed by atoms with Gasteiger partial charge in [-0.2, -0.15) is 27.1 Å². The molecule has 8 nitrogen and oxygen atoms in total. The average molecular weight is 517 g/mol. The van der Waals surface area contributed by atoms with Crippen LogP contribution < -0.4 is 15.0 Å². The van der Waals surface area contributed by atoms with E-state index in [1.54, 1.807) is 36.1 Å². The van der Waals surface area contributed by atoms with E-state index in [4.69, 9.17) is 4.74 Å². The van der Waals surface area contributed by atoms with Crippen molar-refractivity contribution in [2.45, 2.75) is 12.8 Å². The van der Waals surface area contributed by atoms with E-state index in [2.05, 4.69) is 19.8 Å². The summed E-state index contributed by atoms with van der Waals surface area (Å²) in [6.45, 7) is -4.66. The van der Waals surface area contributed by atoms with Crippen LogP contribution in [0.3, 0.4) is 0 Å². The Morgan fingerprint density at radius 1 is 1.00 bits per heavy atom. The fourth-order valence-corrected chi connectivity index (χ4v) is 3.84. The van der Waals surface area contributed by atoms with Crippen LogP contribution >= 0.6 is 0 Å². The summed E-state index contributed by atoms with van der Waals surface area (Å²) in [5.74, 6) is -0.714. The summed E-state index contributed by atoms with van der Waals surface area (Å²) in [5.41, 5.74) is 0.864. The second-order valence-corrected chi connectivity index (χ2v) is 7.98. The molecule has 0 unspecified atom stereocenters. The van der Waals surface area contributed by atoms with Gasteiger partial charge in [0.05, 0.1) is 16.6 Å². The summed E-state index contributed by atoms with van der Waals surface area (Å²) in [7, 11) is 1.76. The van der Waals surface area contributed by atoms with Crippen LogP contribution in [0.25, 0.3) is 38.6 Å². The maximum atomic E-state index is 13.7. The number of fused-ring (bicyclic) bond motifs is 2. The van der Waals surface area contributed by atoms with Crippen molar-refractivity contribution in [2.75, 3.05) is 6.61 Å². The Morgan fingerprint density at radius 3 is 2.49 bits per heavy atom. The molecule has 13 heteroatoms. The van der Waals surface area contributed by atoms with E-state index < -0.39 is 25.0 Å². The molecule has 4 aromatic heterocycles. The molecule has 0 radical (unpaired) electrons. The Kier molecular flexibility index (Phi) is 5.97. The van der Waals surface area contributed by atoms with Gasteiger partial charge in [0.25, 0.3) is 5.56 Å². The number of alkyl halides is 5. The van der Waals surface area contributed by atoms with E-state index >= 15 is 0 Å². The Labute approximate surface area is 204 Å². The van der Waals surface area contributed by atoms with Crippen molar-refractivity contribution in [2.24, 2.45) is 7.05 Å². The van der Waals surface area contributed by atoms with Crippen LogP contribution in [0.5, 0.6) is 11.8 Å². The fourth-order valence-electron chi connectivity index (χ4n) is 3.84. The number of hydrogen-bond acceptors (Lipinski definition) is 6. The van der Waals surface area contributed by atoms with Crippen molar-refractivity contribution >= 4 is 21.8 Å². The molecule has 0 aliphatic heterocycles. The minimum absolute atomic E-state index is 0.0164. The van der Waals surface area contributed by atoms with Gasteiger partial charge in [-0.05, 0) is 30.3 Å². The third kappa shape index (κ3) is 5.06. The number of aromatic nitrogens is 5. The summed E-state index contributed by atoms with van der Waals surface area (Å²) in [6, 6.07) is 10.4. The van der Waals surface area contributed by atoms with Gasteiger partial charge < -0.3 is 9.47 Å². The van der Waals surface area contributed by atoms with E-state index in [1.807, 2.05) is 0 Å². The molecule has 0 aliphatic carbocycles. The van der Waals surface area contributed by atoms with E-state index in [9.17, 15) is 26.7 Å². The molecule has 37 heavy (non-hydrogen) atoms. The van der Waals surface area contributed by atoms with Crippen molar-refractivity contribution < 1.29 is 31.4 Å². The molecular weight excluding hydrogens is 501 g/mol. The zero-order valence-electron chi connectivity index (χ0n) is 18.9. The SMILES string of the molecule is Cn1cc2cc(-n3cc4ccc(OCC(F)(F)F)nc4c(-c4ccc(OC(F)F)nc4)c3=O)ccc2n1. The molecule has 0 N–H and O–H groups in total. The van der Waals surface area contributed by atoms with Crippen LogP contribution in [-0.2, 0) is 7.05 Å². The Hall–Kier alpha value is -4.55. The zero-order chi connectivity index (χ0) is 26.3. The van der Waals surface area contributed by atoms with Crippen molar-refractivity contribution in [3.8, 4) is 28.6 Å². The fraction of sp³-hybridized carbons (Fsp3) is 0.167. The quantitative estimate of drug-likeness (QED) is 0.299. The minimum Gasteiger partial charge on any atom is -0.468 e. The number of nitrogens with zero attached hydrogens (tertiary/aromatic N) is 5. The lowest BCUT2D eigenvalue weighted by atomic mass is 10.1. The Morgan fingerprint density at radius 2 is 1.78 bits per heavy atom. The first kappa shape index (κ1) is 24.2. The smallest absolute Gasteiger partial charge is 0.422 e. The van der Waals surface area contributed by atoms with E-state index in [0.29, 0.717) is 16.6 Å². The van der Waals surface area contributed by atoms with Crippen molar-refractivity contribution in [1.29, 1.82) is 0 Å². The molecule has 0 fully saturated rings. The van der Waals surface area contributed by atoms with Gasteiger partial charge in [-0.15, -0.1) is 0 Å². The molecule has 0 spiro atoms. The topological polar surface area (TPSA) is 84.1 Å². The van der Waals surface area contributed by atoms with Crippen molar-refractivity contribution in [3.05, 3.63) is 71.4 Å². The molecule has 0 saturated heterocycles. The van der Waals surface area contributed by atoms with Crippen LogP contribution in [0.15, 0.2) is 65.8 Å². The van der Waals surface area contributed by atoms with Crippen LogP contribution in [-0.4, -0.2) is 43.7 Å². The molecule has 0 bridgehead atoms. The molecule has 0 saturated carbocycles. The molecule has 0 amide bonds. The molecule has 1 aromatic carbocycles. The highest BCUT2D eigenvalue weighted by atomic mass is 19.4. The van der Waals surface area contributed by atoms with Gasteiger partial charge in [0.1, 0.15) is 0 Å². The van der Waals surface area contributed by atoms with Crippen LogP contribution in [0.2, 0.25) is 0 Å². The first-order valence-corrected chi connectivity index (χ1v) is 10.7. The maximum Gasteiger partial charge on any atom is 0.422 e. The average Bonchev–Trinajstić information content (AvgIpc) is 3.21. The van der Waals surface area contributed by atoms with Gasteiger partial charge in [-0.3, -0.25) is 14.0 Å². The van der Waals surface area contributed by atoms with Gasteiger partial charge >= 0.3 is 12.8 Å². The second-order valence-electron chi connectivity index (χ2n) is 7.98. The zero-order valence-corrected chi connectivity index (χ0v) is 18.9. The Balaban J connectivity index is 1.69. The van der Waals surface area contributed by atoms with Gasteiger partial charge in [-0.25, -0.2) is 9.97 Å². The molecule has 5 aromatic rings. The number of benzene rings is 1. The third-order valence-electron chi connectivity index (χ3n) is 5.34. The lowest BCUT2D eigenvalue weighted by Crippen LogP contribution is -2.21. The third-order valence-corrected chi connectivity index (χ3v) is 5.34. The molecule has 5 rings (SSSR count). The number of hydrogen-bond donors (Lipinski definition) is 0. The largest absolute Gasteiger partial charge is 0.468 e. The Bertz CT molecular complexity index is 1660. The predicted octanol–water partition coefficient (Wildman–Crippen LogP) is 4.88. The summed E-state index contributed by atoms with van der Waals surface area (Å²) < 4.78 is 75.1. The number of aryl methyl sites for hydroxylation is 1. The molecule has 0 aliphatic rings. The van der Waals surface area contributed by atoms with Gasteiger partial charge in [0.15, 0.2) is 6.61 Å². The van der Waals surface area contributed by atoms with Crippen molar-refractivity contribution in [3.63, 3.8) is 0 Å². The highest BCUT2D eigenvalue weighted by Gasteiger charge is 2.29. The minimum atomic E-state index is -4.59. The predicted molar refractivity (Wildman–Crippen MR) is 123 cm³/mol. The molecular formula is C24H16F5N5O3. The van der Waals surface area contributed by atoms with Crippen LogP contribution in [0.4, 0.5) is 22.0 Å². The van der Waals surface area contributed by atoms with E-state index in [0.717, 1.165) is 17.6 Å². The number of halogens is 5. The summed E-state index contributed by atoms with van der Waals surface area (Å²) in [4.78, 5) is 21.7. The summed E-state index contributed by atoms with van der Waals surface area (Å²) in [6.07, 6.45) is -0.157. The summed E-state index contributed by atoms with van der Waals surface area (Å²) >= 11 is 0. The lowest BCUT2D eigenvalue weighted by molar-refractivity contribution is -0.154. The van der Waals surface area contributed by atoms with E-state index in [1.165, 1.54) is 29.0 Å².